The van der Waals surface area contributed by atoms with Crippen molar-refractivity contribution in [3.63, 3.8) is 0 Å². The van der Waals surface area contributed by atoms with Gasteiger partial charge in [0.1, 0.15) is 0 Å². The third kappa shape index (κ3) is 4.68. The number of rotatable bonds is 5. The number of benzene rings is 2. The van der Waals surface area contributed by atoms with Crippen LogP contribution in [0.2, 0.25) is 5.02 Å². The van der Waals surface area contributed by atoms with Crippen LogP contribution in [0.15, 0.2) is 45.8 Å². The van der Waals surface area contributed by atoms with Gasteiger partial charge in [-0.05, 0) is 30.3 Å². The summed E-state index contributed by atoms with van der Waals surface area (Å²) < 4.78 is 27.6. The summed E-state index contributed by atoms with van der Waals surface area (Å²) in [5.74, 6) is -0.384. The van der Waals surface area contributed by atoms with Gasteiger partial charge < -0.3 is 5.32 Å². The topological polar surface area (TPSA) is 118 Å². The van der Waals surface area contributed by atoms with E-state index in [1.165, 1.54) is 31.2 Å². The second kappa shape index (κ2) is 7.38. The zero-order valence-corrected chi connectivity index (χ0v) is 15.8. The summed E-state index contributed by atoms with van der Waals surface area (Å²) in [7, 11) is -4.23. The fourth-order valence-electron chi connectivity index (χ4n) is 1.94. The van der Waals surface area contributed by atoms with E-state index in [9.17, 15) is 23.3 Å². The fourth-order valence-corrected chi connectivity index (χ4v) is 3.66. The molecule has 2 aromatic rings. The zero-order chi connectivity index (χ0) is 18.8. The van der Waals surface area contributed by atoms with Gasteiger partial charge in [0.05, 0.1) is 21.3 Å². The molecule has 25 heavy (non-hydrogen) atoms. The van der Waals surface area contributed by atoms with E-state index < -0.39 is 25.5 Å². The van der Waals surface area contributed by atoms with Gasteiger partial charge in [0.25, 0.3) is 15.7 Å². The Morgan fingerprint density at radius 1 is 1.24 bits per heavy atom. The summed E-state index contributed by atoms with van der Waals surface area (Å²) in [5.41, 5.74) is -0.275. The van der Waals surface area contributed by atoms with Gasteiger partial charge in [0.15, 0.2) is 4.90 Å². The van der Waals surface area contributed by atoms with Crippen molar-refractivity contribution in [3.05, 3.63) is 56.0 Å². The Morgan fingerprint density at radius 2 is 1.92 bits per heavy atom. The first-order valence-electron chi connectivity index (χ1n) is 6.64. The summed E-state index contributed by atoms with van der Waals surface area (Å²) in [6, 6.07) is 7.67. The Hall–Kier alpha value is -2.17. The van der Waals surface area contributed by atoms with Crippen molar-refractivity contribution in [1.29, 1.82) is 0 Å². The monoisotopic (exact) mass is 447 g/mol. The molecule has 0 aliphatic heterocycles. The van der Waals surface area contributed by atoms with Gasteiger partial charge in [0, 0.05) is 17.5 Å². The predicted octanol–water partition coefficient (Wildman–Crippen LogP) is 3.77. The molecule has 2 aromatic carbocycles. The van der Waals surface area contributed by atoms with Gasteiger partial charge in [-0.1, -0.05) is 27.5 Å². The molecular formula is C14H11BrClN3O5S. The molecule has 0 atom stereocenters. The molecule has 0 spiro atoms. The average Bonchev–Trinajstić information content (AvgIpc) is 2.49. The van der Waals surface area contributed by atoms with Crippen molar-refractivity contribution < 1.29 is 18.1 Å². The fraction of sp³-hybridized carbons (Fsp3) is 0.0714. The number of nitro benzene ring substituents is 1. The van der Waals surface area contributed by atoms with E-state index in [0.717, 1.165) is 12.1 Å². The normalized spacial score (nSPS) is 11.0. The summed E-state index contributed by atoms with van der Waals surface area (Å²) in [5, 5.41) is 13.8. The zero-order valence-electron chi connectivity index (χ0n) is 12.6. The number of nitro groups is 1. The Kier molecular flexibility index (Phi) is 5.65. The first-order valence-corrected chi connectivity index (χ1v) is 9.29. The highest BCUT2D eigenvalue weighted by molar-refractivity contribution is 9.10. The molecule has 8 nitrogen and oxygen atoms in total. The van der Waals surface area contributed by atoms with E-state index in [0.29, 0.717) is 4.47 Å². The quantitative estimate of drug-likeness (QED) is 0.533. The van der Waals surface area contributed by atoms with Crippen LogP contribution in [0.4, 0.5) is 17.1 Å². The van der Waals surface area contributed by atoms with Crippen molar-refractivity contribution in [2.45, 2.75) is 11.8 Å². The van der Waals surface area contributed by atoms with Crippen LogP contribution in [0.3, 0.4) is 0 Å². The van der Waals surface area contributed by atoms with Gasteiger partial charge >= 0.3 is 0 Å². The van der Waals surface area contributed by atoms with Crippen LogP contribution in [0.1, 0.15) is 6.92 Å². The molecule has 0 heterocycles. The van der Waals surface area contributed by atoms with Gasteiger partial charge in [0.2, 0.25) is 5.91 Å². The standard InChI is InChI=1S/C14H11BrClN3O5S/c1-8(20)17-12-7-10(3-4-11(12)16)18-25(23,24)14-5-2-9(15)6-13(14)19(21)22/h2-7,18H,1H3,(H,17,20). The van der Waals surface area contributed by atoms with Crippen molar-refractivity contribution in [2.75, 3.05) is 10.0 Å². The van der Waals surface area contributed by atoms with Crippen LogP contribution in [-0.2, 0) is 14.8 Å². The molecule has 0 fully saturated rings. The minimum absolute atomic E-state index is 0.0883. The molecule has 11 heteroatoms. The average molecular weight is 449 g/mol. The molecule has 0 aromatic heterocycles. The van der Waals surface area contributed by atoms with Crippen molar-refractivity contribution in [2.24, 2.45) is 0 Å². The molecule has 1 amide bonds. The van der Waals surface area contributed by atoms with Crippen LogP contribution in [-0.4, -0.2) is 19.2 Å². The molecule has 132 valence electrons. The Bertz CT molecular complexity index is 965. The van der Waals surface area contributed by atoms with Crippen molar-refractivity contribution in [3.8, 4) is 0 Å². The number of hydrogen-bond acceptors (Lipinski definition) is 5. The molecule has 0 aliphatic rings. The maximum atomic E-state index is 12.5. The molecule has 2 rings (SSSR count). The second-order valence-corrected chi connectivity index (χ2v) is 7.82. The molecule has 0 radical (unpaired) electrons. The second-order valence-electron chi connectivity index (χ2n) is 4.85. The van der Waals surface area contributed by atoms with Crippen LogP contribution >= 0.6 is 27.5 Å². The minimum Gasteiger partial charge on any atom is -0.325 e. The SMILES string of the molecule is CC(=O)Nc1cc(NS(=O)(=O)c2ccc(Br)cc2[N+](=O)[O-])ccc1Cl. The van der Waals surface area contributed by atoms with Crippen molar-refractivity contribution in [1.82, 2.24) is 0 Å². The van der Waals surface area contributed by atoms with Crippen molar-refractivity contribution >= 4 is 60.5 Å². The number of amides is 1. The number of anilines is 2. The smallest absolute Gasteiger partial charge is 0.291 e. The predicted molar refractivity (Wildman–Crippen MR) is 97.4 cm³/mol. The third-order valence-electron chi connectivity index (χ3n) is 2.94. The number of halogens is 2. The summed E-state index contributed by atoms with van der Waals surface area (Å²) in [6.07, 6.45) is 0. The Labute approximate surface area is 156 Å². The lowest BCUT2D eigenvalue weighted by Crippen LogP contribution is -2.15. The summed E-state index contributed by atoms with van der Waals surface area (Å²) in [6.45, 7) is 1.28. The number of nitrogens with one attached hydrogen (secondary N) is 2. The largest absolute Gasteiger partial charge is 0.325 e. The van der Waals surface area contributed by atoms with E-state index in [1.54, 1.807) is 0 Å². The number of sulfonamides is 1. The molecule has 0 saturated carbocycles. The first-order chi connectivity index (χ1) is 11.6. The molecule has 2 N–H and O–H groups in total. The first kappa shape index (κ1) is 19.2. The van der Waals surface area contributed by atoms with E-state index in [1.807, 2.05) is 0 Å². The summed E-state index contributed by atoms with van der Waals surface area (Å²) >= 11 is 8.99. The van der Waals surface area contributed by atoms with E-state index in [-0.39, 0.29) is 22.3 Å². The number of hydrogen-bond donors (Lipinski definition) is 2. The Balaban J connectivity index is 2.43. The number of carbonyl (C=O) groups excluding carboxylic acids is 1. The maximum absolute atomic E-state index is 12.5. The van der Waals surface area contributed by atoms with Gasteiger partial charge in [-0.25, -0.2) is 8.42 Å². The van der Waals surface area contributed by atoms with Crippen LogP contribution in [0.5, 0.6) is 0 Å². The minimum atomic E-state index is -4.23. The van der Waals surface area contributed by atoms with E-state index in [4.69, 9.17) is 11.6 Å². The highest BCUT2D eigenvalue weighted by Crippen LogP contribution is 2.31. The van der Waals surface area contributed by atoms with E-state index in [2.05, 4.69) is 26.0 Å². The number of carbonyl (C=O) groups is 1. The molecule has 0 aliphatic carbocycles. The molecular weight excluding hydrogens is 438 g/mol. The lowest BCUT2D eigenvalue weighted by Gasteiger charge is -2.11. The molecule has 0 bridgehead atoms. The Morgan fingerprint density at radius 3 is 2.52 bits per heavy atom. The molecule has 0 saturated heterocycles. The van der Waals surface area contributed by atoms with Gasteiger partial charge in [-0.3, -0.25) is 19.6 Å². The lowest BCUT2D eigenvalue weighted by atomic mass is 10.3. The maximum Gasteiger partial charge on any atom is 0.291 e. The van der Waals surface area contributed by atoms with E-state index >= 15 is 0 Å². The van der Waals surface area contributed by atoms with Gasteiger partial charge in [-0.2, -0.15) is 0 Å². The van der Waals surface area contributed by atoms with Crippen LogP contribution in [0.25, 0.3) is 0 Å². The van der Waals surface area contributed by atoms with Crippen LogP contribution < -0.4 is 10.0 Å². The highest BCUT2D eigenvalue weighted by Gasteiger charge is 2.26. The number of nitrogens with zero attached hydrogens (tertiary/aromatic N) is 1. The van der Waals surface area contributed by atoms with Gasteiger partial charge in [-0.15, -0.1) is 0 Å². The highest BCUT2D eigenvalue weighted by atomic mass is 79.9. The molecule has 0 unspecified atom stereocenters. The third-order valence-corrected chi connectivity index (χ3v) is 5.19. The summed E-state index contributed by atoms with van der Waals surface area (Å²) in [4.78, 5) is 21.0. The lowest BCUT2D eigenvalue weighted by molar-refractivity contribution is -0.387. The van der Waals surface area contributed by atoms with Crippen LogP contribution in [0, 0.1) is 10.1 Å².